The van der Waals surface area contributed by atoms with Crippen molar-refractivity contribution in [2.24, 2.45) is 4.99 Å². The highest BCUT2D eigenvalue weighted by atomic mass is 32.1. The summed E-state index contributed by atoms with van der Waals surface area (Å²) in [7, 11) is 0. The van der Waals surface area contributed by atoms with Gasteiger partial charge in [-0.25, -0.2) is 0 Å². The first-order valence-corrected chi connectivity index (χ1v) is 6.60. The van der Waals surface area contributed by atoms with Crippen molar-refractivity contribution in [3.8, 4) is 0 Å². The quantitative estimate of drug-likeness (QED) is 0.835. The Bertz CT molecular complexity index is 341. The molecule has 0 saturated heterocycles. The molecule has 0 atom stereocenters. The number of nitrogens with zero attached hydrogens (tertiary/aromatic N) is 1. The number of amidine groups is 1. The van der Waals surface area contributed by atoms with E-state index in [4.69, 9.17) is 0 Å². The van der Waals surface area contributed by atoms with E-state index in [1.165, 1.54) is 29.1 Å². The molecule has 1 aromatic heterocycles. The molecule has 82 valence electrons. The summed E-state index contributed by atoms with van der Waals surface area (Å²) in [6, 6.07) is 2.23. The van der Waals surface area contributed by atoms with Crippen molar-refractivity contribution >= 4 is 17.2 Å². The van der Waals surface area contributed by atoms with Gasteiger partial charge in [0.2, 0.25) is 0 Å². The van der Waals surface area contributed by atoms with Crippen LogP contribution < -0.4 is 5.32 Å². The number of aliphatic imine (C=N–C) groups is 1. The van der Waals surface area contributed by atoms with Crippen LogP contribution in [0.2, 0.25) is 0 Å². The van der Waals surface area contributed by atoms with Gasteiger partial charge < -0.3 is 5.32 Å². The van der Waals surface area contributed by atoms with E-state index in [0.29, 0.717) is 0 Å². The maximum atomic E-state index is 4.49. The van der Waals surface area contributed by atoms with Gasteiger partial charge in [0.1, 0.15) is 0 Å². The van der Waals surface area contributed by atoms with E-state index in [2.05, 4.69) is 28.7 Å². The molecule has 1 aromatic rings. The van der Waals surface area contributed by atoms with Crippen molar-refractivity contribution in [2.45, 2.75) is 39.2 Å². The minimum Gasteiger partial charge on any atom is -0.369 e. The number of thiophene rings is 1. The lowest BCUT2D eigenvalue weighted by atomic mass is 10.1. The molecule has 0 unspecified atom stereocenters. The first-order valence-electron chi connectivity index (χ1n) is 5.72. The highest BCUT2D eigenvalue weighted by Crippen LogP contribution is 2.17. The Hall–Kier alpha value is -0.830. The van der Waals surface area contributed by atoms with Gasteiger partial charge in [-0.1, -0.05) is 6.92 Å². The molecule has 1 aliphatic heterocycles. The Morgan fingerprint density at radius 3 is 3.13 bits per heavy atom. The molecule has 2 nitrogen and oxygen atoms in total. The molecule has 15 heavy (non-hydrogen) atoms. The highest BCUT2D eigenvalue weighted by Gasteiger charge is 2.06. The molecule has 0 aromatic carbocycles. The lowest BCUT2D eigenvalue weighted by Gasteiger charge is -2.13. The maximum Gasteiger partial charge on any atom is 0.0965 e. The number of rotatable bonds is 3. The Balaban J connectivity index is 1.89. The molecule has 1 N–H and O–H groups in total. The van der Waals surface area contributed by atoms with Gasteiger partial charge in [0.15, 0.2) is 0 Å². The standard InChI is InChI=1S/C12H18N2S/c1-2-10-6-8-15-11(10)9-14-12-5-3-4-7-13-12/h6,8H,2-5,7,9H2,1H3,(H,13,14). The highest BCUT2D eigenvalue weighted by molar-refractivity contribution is 7.10. The number of aryl methyl sites for hydroxylation is 1. The van der Waals surface area contributed by atoms with E-state index in [-0.39, 0.29) is 0 Å². The summed E-state index contributed by atoms with van der Waals surface area (Å²) in [5.41, 5.74) is 1.48. The molecule has 0 spiro atoms. The minimum absolute atomic E-state index is 0.958. The van der Waals surface area contributed by atoms with Gasteiger partial charge in [-0.2, -0.15) is 0 Å². The normalized spacial score (nSPS) is 16.2. The maximum absolute atomic E-state index is 4.49. The summed E-state index contributed by atoms with van der Waals surface area (Å²) >= 11 is 1.85. The summed E-state index contributed by atoms with van der Waals surface area (Å²) in [6.07, 6.45) is 4.81. The SMILES string of the molecule is CCc1ccsc1CNC1=NCCCC1. The van der Waals surface area contributed by atoms with E-state index in [0.717, 1.165) is 25.9 Å². The van der Waals surface area contributed by atoms with Crippen LogP contribution in [0.15, 0.2) is 16.4 Å². The second-order valence-corrected chi connectivity index (χ2v) is 4.86. The van der Waals surface area contributed by atoms with Crippen LogP contribution in [0.5, 0.6) is 0 Å². The van der Waals surface area contributed by atoms with Gasteiger partial charge in [0, 0.05) is 17.8 Å². The van der Waals surface area contributed by atoms with Crippen molar-refractivity contribution in [2.75, 3.05) is 6.54 Å². The van der Waals surface area contributed by atoms with Gasteiger partial charge >= 0.3 is 0 Å². The monoisotopic (exact) mass is 222 g/mol. The van der Waals surface area contributed by atoms with Gasteiger partial charge in [0.25, 0.3) is 0 Å². The first-order chi connectivity index (χ1) is 7.40. The summed E-state index contributed by atoms with van der Waals surface area (Å²) in [6.45, 7) is 4.18. The zero-order chi connectivity index (χ0) is 10.5. The number of hydrogen-bond acceptors (Lipinski definition) is 3. The average molecular weight is 222 g/mol. The van der Waals surface area contributed by atoms with Crippen LogP contribution >= 0.6 is 11.3 Å². The zero-order valence-electron chi connectivity index (χ0n) is 9.25. The Labute approximate surface area is 95.4 Å². The van der Waals surface area contributed by atoms with Gasteiger partial charge in [-0.3, -0.25) is 4.99 Å². The van der Waals surface area contributed by atoms with Crippen LogP contribution in [0.3, 0.4) is 0 Å². The fourth-order valence-electron chi connectivity index (χ4n) is 1.86. The van der Waals surface area contributed by atoms with Crippen LogP contribution in [0.25, 0.3) is 0 Å². The molecule has 0 radical (unpaired) electrons. The Morgan fingerprint density at radius 1 is 1.47 bits per heavy atom. The van der Waals surface area contributed by atoms with Crippen molar-refractivity contribution in [1.29, 1.82) is 0 Å². The molecule has 0 aliphatic carbocycles. The van der Waals surface area contributed by atoms with Crippen LogP contribution in [0.4, 0.5) is 0 Å². The molecule has 3 heteroatoms. The lowest BCUT2D eigenvalue weighted by Crippen LogP contribution is -2.25. The van der Waals surface area contributed by atoms with Crippen LogP contribution in [0.1, 0.15) is 36.6 Å². The predicted octanol–water partition coefficient (Wildman–Crippen LogP) is 2.98. The topological polar surface area (TPSA) is 24.4 Å². The molecule has 0 amide bonds. The molecule has 0 saturated carbocycles. The molecular formula is C12H18N2S. The van der Waals surface area contributed by atoms with Gasteiger partial charge in [-0.05, 0) is 36.3 Å². The van der Waals surface area contributed by atoms with E-state index in [9.17, 15) is 0 Å². The van der Waals surface area contributed by atoms with Crippen molar-refractivity contribution < 1.29 is 0 Å². The molecule has 2 rings (SSSR count). The minimum atomic E-state index is 0.958. The summed E-state index contributed by atoms with van der Waals surface area (Å²) < 4.78 is 0. The predicted molar refractivity (Wildman–Crippen MR) is 66.7 cm³/mol. The van der Waals surface area contributed by atoms with Crippen molar-refractivity contribution in [3.63, 3.8) is 0 Å². The molecule has 0 fully saturated rings. The lowest BCUT2D eigenvalue weighted by molar-refractivity contribution is 0.707. The van der Waals surface area contributed by atoms with E-state index < -0.39 is 0 Å². The van der Waals surface area contributed by atoms with Crippen LogP contribution in [0, 0.1) is 0 Å². The Morgan fingerprint density at radius 2 is 2.40 bits per heavy atom. The fourth-order valence-corrected chi connectivity index (χ4v) is 2.78. The Kier molecular flexibility index (Phi) is 3.78. The molecule has 2 heterocycles. The van der Waals surface area contributed by atoms with Gasteiger partial charge in [-0.15, -0.1) is 11.3 Å². The van der Waals surface area contributed by atoms with Gasteiger partial charge in [0.05, 0.1) is 12.4 Å². The smallest absolute Gasteiger partial charge is 0.0965 e. The largest absolute Gasteiger partial charge is 0.369 e. The summed E-state index contributed by atoms with van der Waals surface area (Å²) in [5, 5.41) is 5.64. The second kappa shape index (κ2) is 5.31. The summed E-state index contributed by atoms with van der Waals surface area (Å²) in [4.78, 5) is 5.96. The van der Waals surface area contributed by atoms with E-state index in [1.54, 1.807) is 0 Å². The number of nitrogens with one attached hydrogen (secondary N) is 1. The third-order valence-corrected chi connectivity index (χ3v) is 3.76. The first kappa shape index (κ1) is 10.7. The molecule has 0 bridgehead atoms. The van der Waals surface area contributed by atoms with Crippen LogP contribution in [-0.2, 0) is 13.0 Å². The van der Waals surface area contributed by atoms with Crippen molar-refractivity contribution in [3.05, 3.63) is 21.9 Å². The number of hydrogen-bond donors (Lipinski definition) is 1. The average Bonchev–Trinajstić information content (AvgIpc) is 2.75. The van der Waals surface area contributed by atoms with Crippen molar-refractivity contribution in [1.82, 2.24) is 5.32 Å². The second-order valence-electron chi connectivity index (χ2n) is 3.86. The molecule has 1 aliphatic rings. The third-order valence-electron chi connectivity index (χ3n) is 2.80. The fraction of sp³-hybridized carbons (Fsp3) is 0.583. The van der Waals surface area contributed by atoms with Crippen LogP contribution in [-0.4, -0.2) is 12.4 Å². The molecular weight excluding hydrogens is 204 g/mol. The van der Waals surface area contributed by atoms with E-state index in [1.807, 2.05) is 11.3 Å². The third kappa shape index (κ3) is 2.81. The summed E-state index contributed by atoms with van der Waals surface area (Å²) in [5.74, 6) is 1.21. The zero-order valence-corrected chi connectivity index (χ0v) is 10.1. The van der Waals surface area contributed by atoms with E-state index >= 15 is 0 Å².